The van der Waals surface area contributed by atoms with E-state index in [1.165, 1.54) is 14.0 Å². The third-order valence-electron chi connectivity index (χ3n) is 5.61. The molecule has 30 heavy (non-hydrogen) atoms. The minimum absolute atomic E-state index is 0.248. The molecule has 9 heteroatoms. The molecule has 1 aliphatic heterocycles. The maximum atomic E-state index is 12.6. The number of carbonyl (C=O) groups is 5. The molecule has 0 radical (unpaired) electrons. The first-order valence-electron chi connectivity index (χ1n) is 9.99. The summed E-state index contributed by atoms with van der Waals surface area (Å²) in [6, 6.07) is 5.13. The fourth-order valence-corrected chi connectivity index (χ4v) is 3.98. The van der Waals surface area contributed by atoms with Gasteiger partial charge in [0.25, 0.3) is 11.8 Å². The molecule has 4 amide bonds. The Balaban J connectivity index is 1.52. The maximum absolute atomic E-state index is 12.6. The Morgan fingerprint density at radius 2 is 1.63 bits per heavy atom. The molecule has 1 aromatic rings. The van der Waals surface area contributed by atoms with Crippen LogP contribution in [0.3, 0.4) is 0 Å². The molecule has 2 fully saturated rings. The fourth-order valence-electron chi connectivity index (χ4n) is 3.98. The van der Waals surface area contributed by atoms with Crippen LogP contribution < -0.4 is 10.6 Å². The monoisotopic (exact) mass is 415 g/mol. The number of anilines is 1. The number of imide groups is 1. The van der Waals surface area contributed by atoms with Crippen LogP contribution in [0, 0.1) is 11.8 Å². The third kappa shape index (κ3) is 4.34. The van der Waals surface area contributed by atoms with E-state index in [4.69, 9.17) is 4.74 Å². The van der Waals surface area contributed by atoms with Crippen LogP contribution in [0.15, 0.2) is 24.3 Å². The minimum Gasteiger partial charge on any atom is -0.454 e. The quantitative estimate of drug-likeness (QED) is 0.530. The van der Waals surface area contributed by atoms with Crippen LogP contribution in [0.5, 0.6) is 0 Å². The van der Waals surface area contributed by atoms with Gasteiger partial charge in [-0.2, -0.15) is 0 Å². The number of rotatable bonds is 6. The van der Waals surface area contributed by atoms with E-state index in [0.29, 0.717) is 24.1 Å². The van der Waals surface area contributed by atoms with Gasteiger partial charge in [0.1, 0.15) is 6.04 Å². The first-order valence-corrected chi connectivity index (χ1v) is 9.99. The van der Waals surface area contributed by atoms with Crippen molar-refractivity contribution < 1.29 is 28.7 Å². The topological polar surface area (TPSA) is 122 Å². The number of likely N-dealkylation sites (tertiary alicyclic amines) is 1. The zero-order valence-corrected chi connectivity index (χ0v) is 17.0. The summed E-state index contributed by atoms with van der Waals surface area (Å²) in [6.45, 7) is 0.883. The number of hydrogen-bond acceptors (Lipinski definition) is 6. The first kappa shape index (κ1) is 21.5. The number of hydrogen-bond donors (Lipinski definition) is 2. The van der Waals surface area contributed by atoms with Crippen molar-refractivity contribution in [1.82, 2.24) is 10.2 Å². The largest absolute Gasteiger partial charge is 0.454 e. The summed E-state index contributed by atoms with van der Waals surface area (Å²) in [7, 11) is 1.52. The van der Waals surface area contributed by atoms with Crippen molar-refractivity contribution >= 4 is 35.3 Å². The van der Waals surface area contributed by atoms with Gasteiger partial charge in [-0.05, 0) is 44.0 Å². The van der Waals surface area contributed by atoms with Crippen molar-refractivity contribution in [3.8, 4) is 0 Å². The lowest BCUT2D eigenvalue weighted by Gasteiger charge is -2.21. The van der Waals surface area contributed by atoms with E-state index in [1.807, 2.05) is 0 Å². The van der Waals surface area contributed by atoms with Gasteiger partial charge in [-0.1, -0.05) is 12.8 Å². The Morgan fingerprint density at radius 1 is 1.07 bits per heavy atom. The van der Waals surface area contributed by atoms with Crippen LogP contribution in [0.4, 0.5) is 5.69 Å². The van der Waals surface area contributed by atoms with E-state index in [2.05, 4.69) is 10.6 Å². The van der Waals surface area contributed by atoms with Gasteiger partial charge in [-0.15, -0.1) is 0 Å². The molecule has 1 saturated heterocycles. The average molecular weight is 415 g/mol. The molecule has 0 bridgehead atoms. The molecule has 1 heterocycles. The number of amides is 4. The Morgan fingerprint density at radius 3 is 2.17 bits per heavy atom. The Labute approximate surface area is 174 Å². The summed E-state index contributed by atoms with van der Waals surface area (Å²) in [5.74, 6) is -2.96. The number of esters is 1. The van der Waals surface area contributed by atoms with E-state index >= 15 is 0 Å². The Hall–Kier alpha value is -3.23. The van der Waals surface area contributed by atoms with Gasteiger partial charge in [0.05, 0.1) is 11.8 Å². The fraction of sp³-hybridized carbons (Fsp3) is 0.476. The van der Waals surface area contributed by atoms with Crippen LogP contribution in [0.1, 0.15) is 43.0 Å². The van der Waals surface area contributed by atoms with E-state index in [-0.39, 0.29) is 29.6 Å². The van der Waals surface area contributed by atoms with Crippen molar-refractivity contribution in [1.29, 1.82) is 0 Å². The Kier molecular flexibility index (Phi) is 6.49. The highest BCUT2D eigenvalue weighted by Gasteiger charge is 2.51. The predicted octanol–water partition coefficient (Wildman–Crippen LogP) is 1.09. The van der Waals surface area contributed by atoms with Crippen molar-refractivity contribution in [3.05, 3.63) is 29.8 Å². The molecular weight excluding hydrogens is 390 g/mol. The van der Waals surface area contributed by atoms with Crippen molar-refractivity contribution in [2.75, 3.05) is 19.0 Å². The van der Waals surface area contributed by atoms with Gasteiger partial charge in [0, 0.05) is 18.3 Å². The molecule has 2 aliphatic rings. The summed E-state index contributed by atoms with van der Waals surface area (Å²) in [6.07, 6.45) is 3.12. The third-order valence-corrected chi connectivity index (χ3v) is 5.61. The molecule has 1 aromatic carbocycles. The summed E-state index contributed by atoms with van der Waals surface area (Å²) >= 11 is 0. The molecule has 0 spiro atoms. The number of nitrogens with zero attached hydrogens (tertiary/aromatic N) is 1. The zero-order chi connectivity index (χ0) is 21.8. The summed E-state index contributed by atoms with van der Waals surface area (Å²) in [5.41, 5.74) is 0.877. The van der Waals surface area contributed by atoms with Crippen LogP contribution in [0.25, 0.3) is 0 Å². The number of carbonyl (C=O) groups excluding carboxylic acids is 5. The highest BCUT2D eigenvalue weighted by Crippen LogP contribution is 2.38. The molecule has 3 atom stereocenters. The van der Waals surface area contributed by atoms with E-state index in [9.17, 15) is 24.0 Å². The minimum atomic E-state index is -1.07. The maximum Gasteiger partial charge on any atom is 0.329 e. The molecule has 2 N–H and O–H groups in total. The smallest absolute Gasteiger partial charge is 0.329 e. The molecule has 160 valence electrons. The van der Waals surface area contributed by atoms with Gasteiger partial charge in [0.2, 0.25) is 11.8 Å². The summed E-state index contributed by atoms with van der Waals surface area (Å²) < 4.78 is 5.02. The molecule has 3 rings (SSSR count). The van der Waals surface area contributed by atoms with Gasteiger partial charge in [-0.25, -0.2) is 4.79 Å². The van der Waals surface area contributed by atoms with Crippen LogP contribution in [-0.2, 0) is 23.9 Å². The normalized spacial score (nSPS) is 21.6. The highest BCUT2D eigenvalue weighted by molar-refractivity contribution is 6.08. The number of fused-ring (bicyclic) bond motifs is 1. The second kappa shape index (κ2) is 9.06. The number of benzene rings is 1. The summed E-state index contributed by atoms with van der Waals surface area (Å²) in [5, 5.41) is 5.05. The number of ether oxygens (including phenoxy) is 1. The van der Waals surface area contributed by atoms with Crippen molar-refractivity contribution in [2.24, 2.45) is 11.8 Å². The lowest BCUT2D eigenvalue weighted by molar-refractivity contribution is -0.159. The Bertz CT molecular complexity index is 842. The summed E-state index contributed by atoms with van der Waals surface area (Å²) in [4.78, 5) is 62.0. The average Bonchev–Trinajstić information content (AvgIpc) is 3.02. The van der Waals surface area contributed by atoms with Gasteiger partial charge < -0.3 is 15.4 Å². The second-order valence-electron chi connectivity index (χ2n) is 7.53. The van der Waals surface area contributed by atoms with Crippen LogP contribution in [-0.4, -0.2) is 54.2 Å². The molecule has 9 nitrogen and oxygen atoms in total. The zero-order valence-electron chi connectivity index (χ0n) is 17.0. The van der Waals surface area contributed by atoms with Gasteiger partial charge in [-0.3, -0.25) is 24.1 Å². The predicted molar refractivity (Wildman–Crippen MR) is 106 cm³/mol. The molecule has 0 unspecified atom stereocenters. The molecule has 0 aromatic heterocycles. The first-order chi connectivity index (χ1) is 14.3. The van der Waals surface area contributed by atoms with E-state index < -0.39 is 24.5 Å². The molecule has 1 aliphatic carbocycles. The standard InChI is InChI=1S/C21H25N3O6/c1-12(24-19(27)15-5-3-4-6-16(15)20(24)28)21(29)30-11-17(25)23-14-9-7-13(8-10-14)18(26)22-2/h7-10,12,15-16H,3-6,11H2,1-2H3,(H,22,26)(H,23,25)/t12-,15-,16-/m0/s1. The lowest BCUT2D eigenvalue weighted by atomic mass is 9.81. The molecular formula is C21H25N3O6. The second-order valence-corrected chi connectivity index (χ2v) is 7.53. The SMILES string of the molecule is CNC(=O)c1ccc(NC(=O)COC(=O)[C@H](C)N2C(=O)[C@H]3CCCC[C@@H]3C2=O)cc1. The lowest BCUT2D eigenvalue weighted by Crippen LogP contribution is -2.45. The number of nitrogens with one attached hydrogen (secondary N) is 2. The van der Waals surface area contributed by atoms with Crippen molar-refractivity contribution in [2.45, 2.75) is 38.6 Å². The highest BCUT2D eigenvalue weighted by atomic mass is 16.5. The van der Waals surface area contributed by atoms with Gasteiger partial charge >= 0.3 is 5.97 Å². The van der Waals surface area contributed by atoms with Gasteiger partial charge in [0.15, 0.2) is 6.61 Å². The molecule has 1 saturated carbocycles. The van der Waals surface area contributed by atoms with Crippen molar-refractivity contribution in [3.63, 3.8) is 0 Å². The van der Waals surface area contributed by atoms with E-state index in [1.54, 1.807) is 24.3 Å². The van der Waals surface area contributed by atoms with Crippen LogP contribution in [0.2, 0.25) is 0 Å². The van der Waals surface area contributed by atoms with E-state index in [0.717, 1.165) is 17.7 Å². The van der Waals surface area contributed by atoms with Crippen LogP contribution >= 0.6 is 0 Å².